The number of nitrogens with two attached hydrogens (primary N) is 2. The number of hydrogen-bond donors (Lipinski definition) is 3. The number of halogens is 1. The van der Waals surface area contributed by atoms with Crippen LogP contribution in [0.15, 0.2) is 28.9 Å². The van der Waals surface area contributed by atoms with Crippen LogP contribution in [-0.4, -0.2) is 18.1 Å². The van der Waals surface area contributed by atoms with E-state index in [4.69, 9.17) is 11.5 Å². The van der Waals surface area contributed by atoms with E-state index in [0.29, 0.717) is 6.54 Å². The fraction of sp³-hybridized carbons (Fsp3) is 0.182. The molecular formula is C11H13BrN4. The average Bonchev–Trinajstić information content (AvgIpc) is 2.29. The highest BCUT2D eigenvalue weighted by Gasteiger charge is 2.05. The summed E-state index contributed by atoms with van der Waals surface area (Å²) in [6.07, 6.45) is 1.76. The highest BCUT2D eigenvalue weighted by Crippen LogP contribution is 2.28. The number of fused-ring (bicyclic) bond motifs is 1. The molecule has 5 heteroatoms. The summed E-state index contributed by atoms with van der Waals surface area (Å²) in [5.41, 5.74) is 13.9. The Morgan fingerprint density at radius 3 is 2.94 bits per heavy atom. The molecule has 0 aliphatic rings. The van der Waals surface area contributed by atoms with Crippen LogP contribution in [0, 0.1) is 0 Å². The molecule has 2 aromatic rings. The molecule has 0 saturated heterocycles. The number of anilines is 2. The van der Waals surface area contributed by atoms with E-state index in [9.17, 15) is 0 Å². The first kappa shape index (κ1) is 11.2. The number of pyridine rings is 1. The van der Waals surface area contributed by atoms with E-state index in [1.165, 1.54) is 0 Å². The van der Waals surface area contributed by atoms with Gasteiger partial charge < -0.3 is 16.8 Å². The summed E-state index contributed by atoms with van der Waals surface area (Å²) < 4.78 is 0.919. The Morgan fingerprint density at radius 2 is 2.19 bits per heavy atom. The number of hydrogen-bond acceptors (Lipinski definition) is 4. The van der Waals surface area contributed by atoms with Crippen molar-refractivity contribution in [2.75, 3.05) is 24.1 Å². The van der Waals surface area contributed by atoms with Crippen LogP contribution in [0.25, 0.3) is 10.9 Å². The second-order valence-electron chi connectivity index (χ2n) is 3.47. The SMILES string of the molecule is NCCNc1ccc(N)c2cc(Br)cnc12. The van der Waals surface area contributed by atoms with Crippen LogP contribution in [0.1, 0.15) is 0 Å². The predicted molar refractivity (Wildman–Crippen MR) is 71.4 cm³/mol. The number of benzene rings is 1. The maximum atomic E-state index is 5.91. The number of nitrogen functional groups attached to an aromatic ring is 1. The minimum atomic E-state index is 0.586. The van der Waals surface area contributed by atoms with Crippen molar-refractivity contribution in [2.45, 2.75) is 0 Å². The van der Waals surface area contributed by atoms with Gasteiger partial charge in [-0.25, -0.2) is 0 Å². The number of aromatic nitrogens is 1. The fourth-order valence-electron chi connectivity index (χ4n) is 1.57. The van der Waals surface area contributed by atoms with Gasteiger partial charge in [-0.1, -0.05) is 0 Å². The third-order valence-corrected chi connectivity index (χ3v) is 2.74. The van der Waals surface area contributed by atoms with Crippen molar-refractivity contribution in [1.29, 1.82) is 0 Å². The third kappa shape index (κ3) is 2.10. The lowest BCUT2D eigenvalue weighted by atomic mass is 10.1. The van der Waals surface area contributed by atoms with E-state index in [2.05, 4.69) is 26.2 Å². The van der Waals surface area contributed by atoms with Gasteiger partial charge in [0.25, 0.3) is 0 Å². The van der Waals surface area contributed by atoms with Crippen LogP contribution in [0.4, 0.5) is 11.4 Å². The average molecular weight is 281 g/mol. The molecule has 0 aliphatic heterocycles. The fourth-order valence-corrected chi connectivity index (χ4v) is 1.90. The minimum absolute atomic E-state index is 0.586. The van der Waals surface area contributed by atoms with Crippen LogP contribution >= 0.6 is 15.9 Å². The van der Waals surface area contributed by atoms with E-state index in [1.54, 1.807) is 6.20 Å². The smallest absolute Gasteiger partial charge is 0.0954 e. The van der Waals surface area contributed by atoms with Crippen molar-refractivity contribution in [3.8, 4) is 0 Å². The molecule has 4 nitrogen and oxygen atoms in total. The van der Waals surface area contributed by atoms with Gasteiger partial charge in [-0.05, 0) is 34.1 Å². The van der Waals surface area contributed by atoms with Gasteiger partial charge in [0.15, 0.2) is 0 Å². The standard InChI is InChI=1S/C11H13BrN4/c12-7-5-8-9(14)1-2-10(15-4-3-13)11(8)16-6-7/h1-2,5-6,15H,3-4,13-14H2. The predicted octanol–water partition coefficient (Wildman–Crippen LogP) is 1.95. The summed E-state index contributed by atoms with van der Waals surface area (Å²) in [4.78, 5) is 4.36. The highest BCUT2D eigenvalue weighted by molar-refractivity contribution is 9.10. The van der Waals surface area contributed by atoms with E-state index in [1.807, 2.05) is 18.2 Å². The van der Waals surface area contributed by atoms with E-state index < -0.39 is 0 Å². The lowest BCUT2D eigenvalue weighted by molar-refractivity contribution is 1.03. The summed E-state index contributed by atoms with van der Waals surface area (Å²) in [5.74, 6) is 0. The van der Waals surface area contributed by atoms with Crippen LogP contribution in [0.3, 0.4) is 0 Å². The molecule has 16 heavy (non-hydrogen) atoms. The minimum Gasteiger partial charge on any atom is -0.398 e. The Labute approximate surface area is 102 Å². The van der Waals surface area contributed by atoms with E-state index >= 15 is 0 Å². The van der Waals surface area contributed by atoms with Gasteiger partial charge in [0.05, 0.1) is 11.2 Å². The molecule has 0 saturated carbocycles. The lowest BCUT2D eigenvalue weighted by Crippen LogP contribution is -2.13. The van der Waals surface area contributed by atoms with Gasteiger partial charge in [0.1, 0.15) is 0 Å². The van der Waals surface area contributed by atoms with Gasteiger partial charge in [0.2, 0.25) is 0 Å². The molecule has 5 N–H and O–H groups in total. The van der Waals surface area contributed by atoms with Crippen molar-refractivity contribution in [3.05, 3.63) is 28.9 Å². The molecule has 0 atom stereocenters. The molecule has 0 unspecified atom stereocenters. The number of rotatable bonds is 3. The summed E-state index contributed by atoms with van der Waals surface area (Å²) >= 11 is 3.39. The second kappa shape index (κ2) is 4.67. The monoisotopic (exact) mass is 280 g/mol. The van der Waals surface area contributed by atoms with E-state index in [0.717, 1.165) is 33.3 Å². The van der Waals surface area contributed by atoms with Gasteiger partial charge in [-0.15, -0.1) is 0 Å². The molecule has 84 valence electrons. The third-order valence-electron chi connectivity index (χ3n) is 2.31. The molecule has 1 aromatic carbocycles. The zero-order valence-corrected chi connectivity index (χ0v) is 10.3. The molecule has 0 bridgehead atoms. The molecule has 0 spiro atoms. The molecule has 0 fully saturated rings. The van der Waals surface area contributed by atoms with Crippen molar-refractivity contribution in [2.24, 2.45) is 5.73 Å². The zero-order valence-electron chi connectivity index (χ0n) is 8.70. The molecule has 2 rings (SSSR count). The molecule has 0 amide bonds. The molecule has 0 aliphatic carbocycles. The summed E-state index contributed by atoms with van der Waals surface area (Å²) in [5, 5.41) is 4.17. The Hall–Kier alpha value is -1.33. The molecule has 1 aromatic heterocycles. The van der Waals surface area contributed by atoms with Crippen LogP contribution < -0.4 is 16.8 Å². The van der Waals surface area contributed by atoms with Crippen molar-refractivity contribution >= 4 is 38.2 Å². The summed E-state index contributed by atoms with van der Waals surface area (Å²) in [6, 6.07) is 5.76. The normalized spacial score (nSPS) is 10.6. The van der Waals surface area contributed by atoms with Crippen molar-refractivity contribution in [3.63, 3.8) is 0 Å². The van der Waals surface area contributed by atoms with Crippen LogP contribution in [0.2, 0.25) is 0 Å². The van der Waals surface area contributed by atoms with Crippen molar-refractivity contribution < 1.29 is 0 Å². The van der Waals surface area contributed by atoms with Crippen molar-refractivity contribution in [1.82, 2.24) is 4.98 Å². The van der Waals surface area contributed by atoms with E-state index in [-0.39, 0.29) is 0 Å². The van der Waals surface area contributed by atoms with Crippen LogP contribution in [-0.2, 0) is 0 Å². The first-order valence-electron chi connectivity index (χ1n) is 5.00. The Kier molecular flexibility index (Phi) is 3.26. The highest BCUT2D eigenvalue weighted by atomic mass is 79.9. The topological polar surface area (TPSA) is 77.0 Å². The first-order chi connectivity index (χ1) is 7.72. The Morgan fingerprint density at radius 1 is 1.38 bits per heavy atom. The quantitative estimate of drug-likeness (QED) is 0.751. The maximum Gasteiger partial charge on any atom is 0.0954 e. The van der Waals surface area contributed by atoms with Gasteiger partial charge in [-0.3, -0.25) is 4.98 Å². The molecule has 0 radical (unpaired) electrons. The summed E-state index contributed by atoms with van der Waals surface area (Å²) in [6.45, 7) is 1.30. The summed E-state index contributed by atoms with van der Waals surface area (Å²) in [7, 11) is 0. The Bertz CT molecular complexity index is 513. The number of nitrogens with zero attached hydrogens (tertiary/aromatic N) is 1. The largest absolute Gasteiger partial charge is 0.398 e. The first-order valence-corrected chi connectivity index (χ1v) is 5.79. The molecular weight excluding hydrogens is 268 g/mol. The van der Waals surface area contributed by atoms with Gasteiger partial charge in [0, 0.05) is 34.8 Å². The number of nitrogens with one attached hydrogen (secondary N) is 1. The lowest BCUT2D eigenvalue weighted by Gasteiger charge is -2.09. The molecule has 1 heterocycles. The zero-order chi connectivity index (χ0) is 11.5. The van der Waals surface area contributed by atoms with Gasteiger partial charge in [-0.2, -0.15) is 0 Å². The van der Waals surface area contributed by atoms with Crippen LogP contribution in [0.5, 0.6) is 0 Å². The maximum absolute atomic E-state index is 5.91. The Balaban J connectivity index is 2.55. The second-order valence-corrected chi connectivity index (χ2v) is 4.38. The van der Waals surface area contributed by atoms with Gasteiger partial charge >= 0.3 is 0 Å².